The fourth-order valence-electron chi connectivity index (χ4n) is 2.11. The van der Waals surface area contributed by atoms with E-state index in [1.165, 1.54) is 0 Å². The van der Waals surface area contributed by atoms with Crippen molar-refractivity contribution in [2.75, 3.05) is 5.32 Å². The Labute approximate surface area is 132 Å². The monoisotopic (exact) mass is 313 g/mol. The van der Waals surface area contributed by atoms with E-state index < -0.39 is 0 Å². The van der Waals surface area contributed by atoms with Gasteiger partial charge in [0.15, 0.2) is 0 Å². The molecule has 2 aromatic heterocycles. The number of nitrogens with zero attached hydrogens (tertiary/aromatic N) is 2. The van der Waals surface area contributed by atoms with Crippen molar-refractivity contribution in [2.45, 2.75) is 0 Å². The summed E-state index contributed by atoms with van der Waals surface area (Å²) in [6.45, 7) is 3.81. The normalized spacial score (nSPS) is 10.5. The van der Waals surface area contributed by atoms with Gasteiger partial charge in [-0.1, -0.05) is 36.5 Å². The van der Waals surface area contributed by atoms with Gasteiger partial charge in [0.25, 0.3) is 0 Å². The number of benzene rings is 1. The largest absolute Gasteiger partial charge is 0.345 e. The van der Waals surface area contributed by atoms with Crippen LogP contribution in [0.25, 0.3) is 11.7 Å². The van der Waals surface area contributed by atoms with Crippen molar-refractivity contribution in [3.8, 4) is 0 Å². The Morgan fingerprint density at radius 3 is 2.71 bits per heavy atom. The van der Waals surface area contributed by atoms with Gasteiger partial charge in [-0.3, -0.25) is 4.40 Å². The zero-order valence-electron chi connectivity index (χ0n) is 11.1. The summed E-state index contributed by atoms with van der Waals surface area (Å²) in [6.07, 6.45) is 3.64. The van der Waals surface area contributed by atoms with E-state index in [2.05, 4.69) is 16.9 Å². The summed E-state index contributed by atoms with van der Waals surface area (Å²) in [5.74, 6) is 0. The van der Waals surface area contributed by atoms with Crippen molar-refractivity contribution in [1.29, 1.82) is 0 Å². The molecule has 0 spiro atoms. The predicted molar refractivity (Wildman–Crippen MR) is 92.1 cm³/mol. The molecule has 0 amide bonds. The number of pyridine rings is 1. The molecule has 0 saturated carbocycles. The number of aromatic nitrogens is 2. The van der Waals surface area contributed by atoms with Gasteiger partial charge < -0.3 is 5.32 Å². The van der Waals surface area contributed by atoms with E-state index >= 15 is 0 Å². The molecule has 2 heterocycles. The molecule has 1 aromatic carbocycles. The lowest BCUT2D eigenvalue weighted by atomic mass is 10.2. The van der Waals surface area contributed by atoms with E-state index in [-0.39, 0.29) is 0 Å². The number of rotatable bonds is 3. The summed E-state index contributed by atoms with van der Waals surface area (Å²) in [6, 6.07) is 13.2. The van der Waals surface area contributed by atoms with Crippen LogP contribution in [0, 0.1) is 0 Å². The average Bonchev–Trinajstić information content (AvgIpc) is 2.88. The van der Waals surface area contributed by atoms with Gasteiger partial charge in [-0.2, -0.15) is 0 Å². The van der Waals surface area contributed by atoms with Gasteiger partial charge in [0.2, 0.25) is 0 Å². The smallest absolute Gasteiger partial charge is 0.137 e. The number of hydrogen-bond acceptors (Lipinski definition) is 2. The third kappa shape index (κ3) is 2.68. The van der Waals surface area contributed by atoms with Gasteiger partial charge >= 0.3 is 0 Å². The summed E-state index contributed by atoms with van der Waals surface area (Å²) in [5.41, 5.74) is 3.30. The summed E-state index contributed by atoms with van der Waals surface area (Å²) in [4.78, 5) is 5.09. The van der Waals surface area contributed by atoms with Crippen molar-refractivity contribution in [3.05, 3.63) is 71.7 Å². The molecule has 0 fully saturated rings. The van der Waals surface area contributed by atoms with Crippen LogP contribution >= 0.6 is 23.8 Å². The highest BCUT2D eigenvalue weighted by molar-refractivity contribution is 7.81. The van der Waals surface area contributed by atoms with Gasteiger partial charge in [0, 0.05) is 16.9 Å². The highest BCUT2D eigenvalue weighted by atomic mass is 35.5. The Morgan fingerprint density at radius 1 is 1.24 bits per heavy atom. The lowest BCUT2D eigenvalue weighted by molar-refractivity contribution is 1.17. The summed E-state index contributed by atoms with van der Waals surface area (Å²) >= 11 is 11.4. The molecular formula is C16H12ClN3S. The molecule has 0 saturated heterocycles. The lowest BCUT2D eigenvalue weighted by Crippen LogP contribution is -2.14. The van der Waals surface area contributed by atoms with Crippen LogP contribution in [0.5, 0.6) is 0 Å². The van der Waals surface area contributed by atoms with Crippen molar-refractivity contribution in [1.82, 2.24) is 9.38 Å². The summed E-state index contributed by atoms with van der Waals surface area (Å²) in [7, 11) is 0. The van der Waals surface area contributed by atoms with Gasteiger partial charge in [0.05, 0.1) is 5.69 Å². The number of fused-ring (bicyclic) bond motifs is 1. The SMILES string of the molecule is C=Cc1nc2ccccn2c1C(=S)Nc1ccc(Cl)cc1. The molecule has 0 aliphatic rings. The number of thiocarbonyl (C=S) groups is 1. The molecular weight excluding hydrogens is 302 g/mol. The molecule has 0 radical (unpaired) electrons. The summed E-state index contributed by atoms with van der Waals surface area (Å²) in [5, 5.41) is 3.89. The van der Waals surface area contributed by atoms with E-state index in [1.807, 2.05) is 53.1 Å². The second-order valence-corrected chi connectivity index (χ2v) is 5.28. The van der Waals surface area contributed by atoms with Gasteiger partial charge in [-0.25, -0.2) is 4.98 Å². The fraction of sp³-hybridized carbons (Fsp3) is 0. The number of anilines is 1. The van der Waals surface area contributed by atoms with Crippen LogP contribution in [0.4, 0.5) is 5.69 Å². The van der Waals surface area contributed by atoms with E-state index in [0.717, 1.165) is 22.7 Å². The molecule has 5 heteroatoms. The minimum absolute atomic E-state index is 0.589. The molecule has 0 unspecified atom stereocenters. The zero-order valence-corrected chi connectivity index (χ0v) is 12.7. The first-order chi connectivity index (χ1) is 10.2. The van der Waals surface area contributed by atoms with Crippen molar-refractivity contribution in [3.63, 3.8) is 0 Å². The van der Waals surface area contributed by atoms with E-state index in [4.69, 9.17) is 23.8 Å². The Hall–Kier alpha value is -2.17. The number of halogens is 1. The molecule has 3 nitrogen and oxygen atoms in total. The third-order valence-corrected chi connectivity index (χ3v) is 3.61. The van der Waals surface area contributed by atoms with Crippen LogP contribution < -0.4 is 5.32 Å². The Morgan fingerprint density at radius 2 is 2.00 bits per heavy atom. The van der Waals surface area contributed by atoms with E-state index in [9.17, 15) is 0 Å². The Kier molecular flexibility index (Phi) is 3.73. The molecule has 0 aliphatic carbocycles. The van der Waals surface area contributed by atoms with Crippen LogP contribution in [0.15, 0.2) is 55.2 Å². The van der Waals surface area contributed by atoms with Crippen LogP contribution in [0.2, 0.25) is 5.02 Å². The van der Waals surface area contributed by atoms with Crippen LogP contribution in [0.3, 0.4) is 0 Å². The van der Waals surface area contributed by atoms with Crippen molar-refractivity contribution < 1.29 is 0 Å². The first-order valence-electron chi connectivity index (χ1n) is 6.35. The molecule has 1 N–H and O–H groups in total. The van der Waals surface area contributed by atoms with Gasteiger partial charge in [-0.15, -0.1) is 0 Å². The quantitative estimate of drug-likeness (QED) is 0.726. The van der Waals surface area contributed by atoms with E-state index in [1.54, 1.807) is 6.08 Å². The van der Waals surface area contributed by atoms with Crippen LogP contribution in [-0.2, 0) is 0 Å². The maximum absolute atomic E-state index is 5.89. The molecule has 3 rings (SSSR count). The van der Waals surface area contributed by atoms with Crippen molar-refractivity contribution in [2.24, 2.45) is 0 Å². The topological polar surface area (TPSA) is 29.3 Å². The highest BCUT2D eigenvalue weighted by Gasteiger charge is 2.14. The average molecular weight is 314 g/mol. The minimum Gasteiger partial charge on any atom is -0.345 e. The number of imidazole rings is 1. The maximum atomic E-state index is 5.89. The number of hydrogen-bond donors (Lipinski definition) is 1. The lowest BCUT2D eigenvalue weighted by Gasteiger charge is -2.09. The molecule has 0 aliphatic heterocycles. The Balaban J connectivity index is 2.01. The standard InChI is InChI=1S/C16H12ClN3S/c1-2-13-15(20-10-4-3-5-14(20)19-13)16(21)18-12-8-6-11(17)7-9-12/h2-10H,1H2,(H,18,21). The summed E-state index contributed by atoms with van der Waals surface area (Å²) < 4.78 is 1.95. The van der Waals surface area contributed by atoms with E-state index in [0.29, 0.717) is 10.0 Å². The fourth-order valence-corrected chi connectivity index (χ4v) is 2.55. The first kappa shape index (κ1) is 13.8. The van der Waals surface area contributed by atoms with Gasteiger partial charge in [-0.05, 0) is 42.5 Å². The second-order valence-electron chi connectivity index (χ2n) is 4.44. The minimum atomic E-state index is 0.589. The third-order valence-electron chi connectivity index (χ3n) is 3.07. The maximum Gasteiger partial charge on any atom is 0.137 e. The number of nitrogens with one attached hydrogen (secondary N) is 1. The molecule has 0 bridgehead atoms. The first-order valence-corrected chi connectivity index (χ1v) is 7.14. The highest BCUT2D eigenvalue weighted by Crippen LogP contribution is 2.18. The van der Waals surface area contributed by atoms with Crippen molar-refractivity contribution >= 4 is 46.2 Å². The van der Waals surface area contributed by atoms with Crippen LogP contribution in [0.1, 0.15) is 11.4 Å². The predicted octanol–water partition coefficient (Wildman–Crippen LogP) is 4.42. The molecule has 3 aromatic rings. The van der Waals surface area contributed by atoms with Crippen LogP contribution in [-0.4, -0.2) is 14.4 Å². The molecule has 21 heavy (non-hydrogen) atoms. The molecule has 104 valence electrons. The Bertz CT molecular complexity index is 821. The second kappa shape index (κ2) is 5.68. The zero-order chi connectivity index (χ0) is 14.8. The molecule has 0 atom stereocenters. The van der Waals surface area contributed by atoms with Gasteiger partial charge in [0.1, 0.15) is 16.3 Å².